The first-order valence-corrected chi connectivity index (χ1v) is 10.7. The van der Waals surface area contributed by atoms with Crippen molar-refractivity contribution in [2.45, 2.75) is 19.5 Å². The van der Waals surface area contributed by atoms with Crippen LogP contribution in [0.5, 0.6) is 0 Å². The standard InChI is InChI=1S/C20H21FN4O3S/c1-15(25(29(2,27)28)19-9-5-17(21)6-10-19)20(26)23-13-16-3-7-18(8-4-16)24-12-11-22-14-24/h3-12,14-15H,13H2,1-2H3,(H,23,26). The van der Waals surface area contributed by atoms with E-state index in [-0.39, 0.29) is 12.2 Å². The maximum absolute atomic E-state index is 13.2. The number of anilines is 1. The van der Waals surface area contributed by atoms with Crippen LogP contribution in [-0.4, -0.2) is 36.2 Å². The van der Waals surface area contributed by atoms with E-state index in [0.29, 0.717) is 0 Å². The molecule has 0 aliphatic rings. The van der Waals surface area contributed by atoms with Gasteiger partial charge in [0.2, 0.25) is 15.9 Å². The highest BCUT2D eigenvalue weighted by Crippen LogP contribution is 2.21. The van der Waals surface area contributed by atoms with E-state index >= 15 is 0 Å². The van der Waals surface area contributed by atoms with Crippen molar-refractivity contribution < 1.29 is 17.6 Å². The van der Waals surface area contributed by atoms with Crippen molar-refractivity contribution in [1.29, 1.82) is 0 Å². The van der Waals surface area contributed by atoms with Gasteiger partial charge in [-0.3, -0.25) is 9.10 Å². The smallest absolute Gasteiger partial charge is 0.243 e. The summed E-state index contributed by atoms with van der Waals surface area (Å²) >= 11 is 0. The number of hydrogen-bond donors (Lipinski definition) is 1. The molecular weight excluding hydrogens is 395 g/mol. The summed E-state index contributed by atoms with van der Waals surface area (Å²) in [4.78, 5) is 16.6. The van der Waals surface area contributed by atoms with Gasteiger partial charge in [0.1, 0.15) is 11.9 Å². The van der Waals surface area contributed by atoms with Crippen molar-refractivity contribution in [3.8, 4) is 5.69 Å². The molecule has 1 atom stereocenters. The summed E-state index contributed by atoms with van der Waals surface area (Å²) in [6.45, 7) is 1.73. The van der Waals surface area contributed by atoms with Gasteiger partial charge in [0.05, 0.1) is 18.3 Å². The van der Waals surface area contributed by atoms with Gasteiger partial charge in [0, 0.05) is 24.6 Å². The van der Waals surface area contributed by atoms with Gasteiger partial charge in [-0.25, -0.2) is 17.8 Å². The van der Waals surface area contributed by atoms with Gasteiger partial charge < -0.3 is 9.88 Å². The molecule has 0 aliphatic heterocycles. The van der Waals surface area contributed by atoms with Gasteiger partial charge in [-0.1, -0.05) is 12.1 Å². The zero-order chi connectivity index (χ0) is 21.0. The maximum Gasteiger partial charge on any atom is 0.243 e. The fourth-order valence-corrected chi connectivity index (χ4v) is 4.11. The van der Waals surface area contributed by atoms with Gasteiger partial charge in [-0.15, -0.1) is 0 Å². The van der Waals surface area contributed by atoms with Crippen LogP contribution >= 0.6 is 0 Å². The molecule has 0 saturated carbocycles. The molecule has 29 heavy (non-hydrogen) atoms. The number of nitrogens with zero attached hydrogens (tertiary/aromatic N) is 3. The normalized spacial score (nSPS) is 12.4. The van der Waals surface area contributed by atoms with Crippen LogP contribution in [0.15, 0.2) is 67.3 Å². The Kier molecular flexibility index (Phi) is 5.97. The quantitative estimate of drug-likeness (QED) is 0.641. The van der Waals surface area contributed by atoms with Crippen LogP contribution < -0.4 is 9.62 Å². The lowest BCUT2D eigenvalue weighted by Crippen LogP contribution is -2.47. The van der Waals surface area contributed by atoms with Crippen molar-refractivity contribution in [2.75, 3.05) is 10.6 Å². The maximum atomic E-state index is 13.2. The molecule has 0 fully saturated rings. The molecular formula is C20H21FN4O3S. The summed E-state index contributed by atoms with van der Waals surface area (Å²) < 4.78 is 40.5. The molecule has 1 heterocycles. The molecule has 9 heteroatoms. The molecule has 0 spiro atoms. The monoisotopic (exact) mass is 416 g/mol. The van der Waals surface area contributed by atoms with Crippen LogP contribution in [0.2, 0.25) is 0 Å². The van der Waals surface area contributed by atoms with E-state index in [9.17, 15) is 17.6 Å². The molecule has 2 aromatic carbocycles. The first-order valence-electron chi connectivity index (χ1n) is 8.85. The van der Waals surface area contributed by atoms with Crippen molar-refractivity contribution in [3.63, 3.8) is 0 Å². The first-order chi connectivity index (χ1) is 13.8. The lowest BCUT2D eigenvalue weighted by atomic mass is 10.2. The van der Waals surface area contributed by atoms with Crippen LogP contribution in [0.1, 0.15) is 12.5 Å². The lowest BCUT2D eigenvalue weighted by molar-refractivity contribution is -0.122. The largest absolute Gasteiger partial charge is 0.350 e. The molecule has 0 aliphatic carbocycles. The molecule has 3 aromatic rings. The molecule has 0 bridgehead atoms. The van der Waals surface area contributed by atoms with Crippen molar-refractivity contribution in [2.24, 2.45) is 0 Å². The predicted octanol–water partition coefficient (Wildman–Crippen LogP) is 2.48. The zero-order valence-corrected chi connectivity index (χ0v) is 16.8. The average Bonchev–Trinajstić information content (AvgIpc) is 3.22. The Morgan fingerprint density at radius 1 is 1.17 bits per heavy atom. The molecule has 152 valence electrons. The van der Waals surface area contributed by atoms with Gasteiger partial charge in [0.15, 0.2) is 0 Å². The van der Waals surface area contributed by atoms with E-state index in [0.717, 1.165) is 33.9 Å². The van der Waals surface area contributed by atoms with Gasteiger partial charge in [-0.05, 0) is 48.9 Å². The van der Waals surface area contributed by atoms with Crippen LogP contribution in [0, 0.1) is 5.82 Å². The average molecular weight is 416 g/mol. The number of carbonyl (C=O) groups excluding carboxylic acids is 1. The minimum Gasteiger partial charge on any atom is -0.350 e. The van der Waals surface area contributed by atoms with E-state index in [1.165, 1.54) is 19.1 Å². The van der Waals surface area contributed by atoms with Crippen molar-refractivity contribution >= 4 is 21.6 Å². The van der Waals surface area contributed by atoms with E-state index in [1.807, 2.05) is 35.0 Å². The minimum absolute atomic E-state index is 0.223. The topological polar surface area (TPSA) is 84.3 Å². The molecule has 1 amide bonds. The van der Waals surface area contributed by atoms with Crippen LogP contribution in [0.4, 0.5) is 10.1 Å². The fraction of sp³-hybridized carbons (Fsp3) is 0.200. The summed E-state index contributed by atoms with van der Waals surface area (Å²) in [7, 11) is -3.75. The molecule has 1 aromatic heterocycles. The number of aromatic nitrogens is 2. The van der Waals surface area contributed by atoms with Gasteiger partial charge >= 0.3 is 0 Å². The Hall–Kier alpha value is -3.20. The SMILES string of the molecule is CC(C(=O)NCc1ccc(-n2ccnc2)cc1)N(c1ccc(F)cc1)S(C)(=O)=O. The third-order valence-corrected chi connectivity index (χ3v) is 5.62. The Balaban J connectivity index is 1.69. The number of rotatable bonds is 7. The highest BCUT2D eigenvalue weighted by Gasteiger charge is 2.28. The van der Waals surface area contributed by atoms with E-state index in [2.05, 4.69) is 10.3 Å². The number of carbonyl (C=O) groups is 1. The van der Waals surface area contributed by atoms with Crippen molar-refractivity contribution in [1.82, 2.24) is 14.9 Å². The summed E-state index contributed by atoms with van der Waals surface area (Å²) in [5.74, 6) is -0.947. The lowest BCUT2D eigenvalue weighted by Gasteiger charge is -2.28. The fourth-order valence-electron chi connectivity index (χ4n) is 2.93. The zero-order valence-electron chi connectivity index (χ0n) is 16.0. The Morgan fingerprint density at radius 2 is 1.83 bits per heavy atom. The number of halogens is 1. The molecule has 0 radical (unpaired) electrons. The summed E-state index contributed by atoms with van der Waals surface area (Å²) in [5, 5.41) is 2.75. The van der Waals surface area contributed by atoms with Crippen LogP contribution in [0.25, 0.3) is 5.69 Å². The summed E-state index contributed by atoms with van der Waals surface area (Å²) in [5.41, 5.74) is 2.02. The second-order valence-electron chi connectivity index (χ2n) is 6.57. The molecule has 1 N–H and O–H groups in total. The second kappa shape index (κ2) is 8.44. The highest BCUT2D eigenvalue weighted by molar-refractivity contribution is 7.92. The predicted molar refractivity (Wildman–Crippen MR) is 109 cm³/mol. The molecule has 0 saturated heterocycles. The number of hydrogen-bond acceptors (Lipinski definition) is 4. The first kappa shape index (κ1) is 20.5. The number of sulfonamides is 1. The summed E-state index contributed by atoms with van der Waals surface area (Å²) in [6.07, 6.45) is 6.21. The molecule has 3 rings (SSSR count). The molecule has 1 unspecified atom stereocenters. The number of nitrogens with one attached hydrogen (secondary N) is 1. The third-order valence-electron chi connectivity index (χ3n) is 4.38. The molecule has 7 nitrogen and oxygen atoms in total. The van der Waals surface area contributed by atoms with Gasteiger partial charge in [0.25, 0.3) is 0 Å². The van der Waals surface area contributed by atoms with Crippen LogP contribution in [-0.2, 0) is 21.4 Å². The number of imidazole rings is 1. The van der Waals surface area contributed by atoms with E-state index in [4.69, 9.17) is 0 Å². The van der Waals surface area contributed by atoms with Gasteiger partial charge in [-0.2, -0.15) is 0 Å². The van der Waals surface area contributed by atoms with E-state index in [1.54, 1.807) is 12.5 Å². The summed E-state index contributed by atoms with van der Waals surface area (Å²) in [6, 6.07) is 11.5. The third kappa shape index (κ3) is 5.00. The second-order valence-corrected chi connectivity index (χ2v) is 8.42. The number of benzene rings is 2. The minimum atomic E-state index is -3.75. The Bertz CT molecular complexity index is 1070. The highest BCUT2D eigenvalue weighted by atomic mass is 32.2. The number of amides is 1. The van der Waals surface area contributed by atoms with E-state index < -0.39 is 27.8 Å². The Labute approximate surface area is 168 Å². The van der Waals surface area contributed by atoms with Crippen LogP contribution in [0.3, 0.4) is 0 Å². The Morgan fingerprint density at radius 3 is 2.38 bits per heavy atom. The van der Waals surface area contributed by atoms with Crippen molar-refractivity contribution in [3.05, 3.63) is 78.6 Å².